The Kier molecular flexibility index (Phi) is 2.74. The number of nitriles is 1. The fraction of sp³-hybridized carbons (Fsp3) is 0.600. The maximum atomic E-state index is 9.84. The summed E-state index contributed by atoms with van der Waals surface area (Å²) in [6, 6.07) is 2.08. The Morgan fingerprint density at radius 1 is 1.56 bits per heavy atom. The molecule has 0 aliphatic carbocycles. The number of anilines is 2. The molecule has 0 spiro atoms. The predicted octanol–water partition coefficient (Wildman–Crippen LogP) is 0.948. The summed E-state index contributed by atoms with van der Waals surface area (Å²) in [6.45, 7) is 3.32. The van der Waals surface area contributed by atoms with Crippen molar-refractivity contribution in [3.8, 4) is 6.07 Å². The van der Waals surface area contributed by atoms with E-state index in [-0.39, 0.29) is 0 Å². The molecule has 1 saturated heterocycles. The first-order chi connectivity index (χ1) is 7.53. The minimum atomic E-state index is -0.584. The largest absolute Gasteiger partial charge is 0.390 e. The van der Waals surface area contributed by atoms with Gasteiger partial charge in [0.1, 0.15) is 16.6 Å². The molecule has 0 atom stereocenters. The molecular weight excluding hydrogens is 224 g/mol. The molecule has 1 aliphatic rings. The molecule has 0 radical (unpaired) electrons. The summed E-state index contributed by atoms with van der Waals surface area (Å²) in [7, 11) is 0. The average molecular weight is 238 g/mol. The van der Waals surface area contributed by atoms with Crippen LogP contribution in [0.3, 0.4) is 0 Å². The summed E-state index contributed by atoms with van der Waals surface area (Å²) >= 11 is 1.25. The molecule has 1 fully saturated rings. The lowest BCUT2D eigenvalue weighted by Crippen LogP contribution is -2.42. The van der Waals surface area contributed by atoms with Crippen molar-refractivity contribution in [2.45, 2.75) is 25.4 Å². The second-order valence-corrected chi connectivity index (χ2v) is 5.10. The van der Waals surface area contributed by atoms with E-state index in [4.69, 9.17) is 11.0 Å². The van der Waals surface area contributed by atoms with Crippen LogP contribution in [0.2, 0.25) is 0 Å². The number of nitrogen functional groups attached to an aromatic ring is 1. The zero-order valence-corrected chi connectivity index (χ0v) is 9.92. The zero-order valence-electron chi connectivity index (χ0n) is 9.10. The van der Waals surface area contributed by atoms with Gasteiger partial charge in [-0.25, -0.2) is 0 Å². The van der Waals surface area contributed by atoms with Gasteiger partial charge in [0.25, 0.3) is 0 Å². The summed E-state index contributed by atoms with van der Waals surface area (Å²) in [6.07, 6.45) is 1.41. The fourth-order valence-electron chi connectivity index (χ4n) is 1.81. The van der Waals surface area contributed by atoms with Crippen LogP contribution in [-0.4, -0.2) is 28.2 Å². The van der Waals surface area contributed by atoms with Crippen molar-refractivity contribution in [1.29, 1.82) is 5.26 Å². The number of nitrogens with zero attached hydrogens (tertiary/aromatic N) is 3. The Balaban J connectivity index is 2.18. The molecule has 6 heteroatoms. The van der Waals surface area contributed by atoms with Crippen molar-refractivity contribution in [1.82, 2.24) is 4.37 Å². The molecule has 5 nitrogen and oxygen atoms in total. The van der Waals surface area contributed by atoms with Gasteiger partial charge in [0, 0.05) is 13.1 Å². The summed E-state index contributed by atoms with van der Waals surface area (Å²) in [4.78, 5) is 2.07. The van der Waals surface area contributed by atoms with Crippen molar-refractivity contribution in [2.24, 2.45) is 0 Å². The third-order valence-electron chi connectivity index (χ3n) is 2.94. The predicted molar refractivity (Wildman–Crippen MR) is 63.3 cm³/mol. The van der Waals surface area contributed by atoms with Crippen molar-refractivity contribution < 1.29 is 5.11 Å². The second-order valence-electron chi connectivity index (χ2n) is 4.34. The van der Waals surface area contributed by atoms with Crippen LogP contribution in [0.5, 0.6) is 0 Å². The van der Waals surface area contributed by atoms with Crippen LogP contribution in [0, 0.1) is 11.3 Å². The van der Waals surface area contributed by atoms with Crippen LogP contribution in [-0.2, 0) is 0 Å². The Hall–Kier alpha value is -1.32. The van der Waals surface area contributed by atoms with E-state index in [9.17, 15) is 5.11 Å². The average Bonchev–Trinajstić information content (AvgIpc) is 2.59. The van der Waals surface area contributed by atoms with Crippen molar-refractivity contribution in [3.63, 3.8) is 0 Å². The van der Waals surface area contributed by atoms with Gasteiger partial charge in [-0.1, -0.05) is 0 Å². The first-order valence-electron chi connectivity index (χ1n) is 5.16. The maximum Gasteiger partial charge on any atom is 0.157 e. The molecule has 1 aromatic heterocycles. The van der Waals surface area contributed by atoms with Crippen molar-refractivity contribution >= 4 is 22.4 Å². The first kappa shape index (κ1) is 11.2. The summed E-state index contributed by atoms with van der Waals surface area (Å²) in [5.74, 6) is 0.305. The Bertz CT molecular complexity index is 425. The van der Waals surface area contributed by atoms with Gasteiger partial charge in [0.05, 0.1) is 5.60 Å². The molecule has 0 aromatic carbocycles. The van der Waals surface area contributed by atoms with E-state index in [2.05, 4.69) is 15.3 Å². The van der Waals surface area contributed by atoms with E-state index in [1.165, 1.54) is 11.5 Å². The fourth-order valence-corrected chi connectivity index (χ4v) is 2.62. The lowest BCUT2D eigenvalue weighted by Gasteiger charge is -2.36. The monoisotopic (exact) mass is 238 g/mol. The van der Waals surface area contributed by atoms with Gasteiger partial charge in [-0.05, 0) is 31.3 Å². The van der Waals surface area contributed by atoms with Gasteiger partial charge in [0.2, 0.25) is 0 Å². The highest BCUT2D eigenvalue weighted by Crippen LogP contribution is 2.33. The van der Waals surface area contributed by atoms with E-state index >= 15 is 0 Å². The Morgan fingerprint density at radius 2 is 2.19 bits per heavy atom. The van der Waals surface area contributed by atoms with E-state index < -0.39 is 5.60 Å². The maximum absolute atomic E-state index is 9.84. The van der Waals surface area contributed by atoms with Gasteiger partial charge in [-0.15, -0.1) is 0 Å². The third-order valence-corrected chi connectivity index (χ3v) is 3.86. The lowest BCUT2D eigenvalue weighted by molar-refractivity contribution is 0.0352. The number of nitrogens with two attached hydrogens (primary N) is 1. The second kappa shape index (κ2) is 3.92. The zero-order chi connectivity index (χ0) is 11.8. The van der Waals surface area contributed by atoms with E-state index in [0.717, 1.165) is 18.1 Å². The SMILES string of the molecule is CC1(O)CCN(c2snc(N)c2C#N)CC1. The molecule has 3 N–H and O–H groups in total. The third kappa shape index (κ3) is 1.96. The van der Waals surface area contributed by atoms with Crippen LogP contribution in [0.25, 0.3) is 0 Å². The van der Waals surface area contributed by atoms with E-state index in [0.29, 0.717) is 24.2 Å². The molecule has 0 amide bonds. The number of hydrogen-bond donors (Lipinski definition) is 2. The summed E-state index contributed by atoms with van der Waals surface area (Å²) in [5, 5.41) is 19.7. The number of rotatable bonds is 1. The van der Waals surface area contributed by atoms with Crippen LogP contribution in [0.4, 0.5) is 10.8 Å². The molecular formula is C10H14N4OS. The van der Waals surface area contributed by atoms with Crippen LogP contribution < -0.4 is 10.6 Å². The number of hydrogen-bond acceptors (Lipinski definition) is 6. The smallest absolute Gasteiger partial charge is 0.157 e. The first-order valence-corrected chi connectivity index (χ1v) is 5.93. The Labute approximate surface area is 98.3 Å². The van der Waals surface area contributed by atoms with Crippen molar-refractivity contribution in [3.05, 3.63) is 5.56 Å². The highest BCUT2D eigenvalue weighted by atomic mass is 32.1. The van der Waals surface area contributed by atoms with Crippen LogP contribution >= 0.6 is 11.5 Å². The van der Waals surface area contributed by atoms with Gasteiger partial charge >= 0.3 is 0 Å². The summed E-state index contributed by atoms with van der Waals surface area (Å²) in [5.41, 5.74) is 5.49. The lowest BCUT2D eigenvalue weighted by atomic mass is 9.94. The Morgan fingerprint density at radius 3 is 2.75 bits per heavy atom. The van der Waals surface area contributed by atoms with Gasteiger partial charge in [-0.2, -0.15) is 9.64 Å². The van der Waals surface area contributed by atoms with Gasteiger partial charge in [-0.3, -0.25) is 0 Å². The number of aliphatic hydroxyl groups is 1. The minimum Gasteiger partial charge on any atom is -0.390 e. The van der Waals surface area contributed by atoms with Crippen molar-refractivity contribution in [2.75, 3.05) is 23.7 Å². The molecule has 0 bridgehead atoms. The van der Waals surface area contributed by atoms with Crippen LogP contribution in [0.15, 0.2) is 0 Å². The van der Waals surface area contributed by atoms with E-state index in [1.807, 2.05) is 6.92 Å². The van der Waals surface area contributed by atoms with Gasteiger partial charge < -0.3 is 15.7 Å². The normalized spacial score (nSPS) is 19.4. The highest BCUT2D eigenvalue weighted by Gasteiger charge is 2.29. The molecule has 0 unspecified atom stereocenters. The molecule has 2 rings (SSSR count). The summed E-state index contributed by atoms with van der Waals surface area (Å²) < 4.78 is 3.99. The van der Waals surface area contributed by atoms with E-state index in [1.54, 1.807) is 0 Å². The standard InChI is InChI=1S/C10H14N4OS/c1-10(15)2-4-14(5-3-10)9-7(6-11)8(12)13-16-9/h15H,2-5H2,1H3,(H2,12,13). The van der Waals surface area contributed by atoms with Crippen LogP contribution in [0.1, 0.15) is 25.3 Å². The molecule has 1 aliphatic heterocycles. The number of aromatic nitrogens is 1. The van der Waals surface area contributed by atoms with Gasteiger partial charge in [0.15, 0.2) is 5.82 Å². The molecule has 2 heterocycles. The highest BCUT2D eigenvalue weighted by molar-refractivity contribution is 7.10. The number of piperidine rings is 1. The molecule has 16 heavy (non-hydrogen) atoms. The minimum absolute atomic E-state index is 0.305. The molecule has 86 valence electrons. The molecule has 0 saturated carbocycles. The quantitative estimate of drug-likeness (QED) is 0.760. The molecule has 1 aromatic rings. The topological polar surface area (TPSA) is 86.2 Å².